The highest BCUT2D eigenvalue weighted by molar-refractivity contribution is 6.03. The maximum Gasteiger partial charge on any atom is 0.0467 e. The lowest BCUT2D eigenvalue weighted by atomic mass is 10.1. The second kappa shape index (κ2) is 5.88. The monoisotopic (exact) mass is 276 g/mol. The molecule has 0 aliphatic rings. The summed E-state index contributed by atoms with van der Waals surface area (Å²) in [6, 6.07) is 23.4. The van der Waals surface area contributed by atoms with Crippen LogP contribution in [0.25, 0.3) is 10.8 Å². The standard InChI is InChI=1S/C19H20N2/c1-20-17-12-6-10-16-11-7-13-18(19(16)17)21(2)14-15-8-4-3-5-9-15/h3-13,20H,14H2,1-2H3. The Morgan fingerprint density at radius 2 is 1.57 bits per heavy atom. The number of hydrogen-bond acceptors (Lipinski definition) is 2. The topological polar surface area (TPSA) is 15.3 Å². The van der Waals surface area contributed by atoms with Crippen LogP contribution in [0.5, 0.6) is 0 Å². The average Bonchev–Trinajstić information content (AvgIpc) is 2.54. The van der Waals surface area contributed by atoms with Gasteiger partial charge in [-0.1, -0.05) is 54.6 Å². The van der Waals surface area contributed by atoms with Crippen LogP contribution in [0.2, 0.25) is 0 Å². The first kappa shape index (κ1) is 13.5. The van der Waals surface area contributed by atoms with E-state index in [4.69, 9.17) is 0 Å². The van der Waals surface area contributed by atoms with Gasteiger partial charge in [-0.25, -0.2) is 0 Å². The predicted molar refractivity (Wildman–Crippen MR) is 92.0 cm³/mol. The number of fused-ring (bicyclic) bond motifs is 1. The lowest BCUT2D eigenvalue weighted by molar-refractivity contribution is 0.928. The van der Waals surface area contributed by atoms with Gasteiger partial charge >= 0.3 is 0 Å². The number of nitrogens with zero attached hydrogens (tertiary/aromatic N) is 1. The lowest BCUT2D eigenvalue weighted by Gasteiger charge is -2.22. The highest BCUT2D eigenvalue weighted by Gasteiger charge is 2.09. The second-order valence-corrected chi connectivity index (χ2v) is 5.27. The van der Waals surface area contributed by atoms with Crippen LogP contribution in [-0.2, 0) is 6.54 Å². The molecule has 0 radical (unpaired) electrons. The van der Waals surface area contributed by atoms with Crippen molar-refractivity contribution in [2.75, 3.05) is 24.3 Å². The maximum atomic E-state index is 3.30. The summed E-state index contributed by atoms with van der Waals surface area (Å²) in [5.74, 6) is 0. The molecular weight excluding hydrogens is 256 g/mol. The van der Waals surface area contributed by atoms with Crippen LogP contribution in [0.3, 0.4) is 0 Å². The van der Waals surface area contributed by atoms with E-state index in [9.17, 15) is 0 Å². The van der Waals surface area contributed by atoms with Crippen LogP contribution < -0.4 is 10.2 Å². The van der Waals surface area contributed by atoms with E-state index in [1.54, 1.807) is 0 Å². The van der Waals surface area contributed by atoms with Crippen LogP contribution in [0, 0.1) is 0 Å². The first-order valence-electron chi connectivity index (χ1n) is 7.24. The van der Waals surface area contributed by atoms with Crippen LogP contribution in [0.15, 0.2) is 66.7 Å². The molecule has 0 heterocycles. The lowest BCUT2D eigenvalue weighted by Crippen LogP contribution is -2.16. The van der Waals surface area contributed by atoms with E-state index in [0.717, 1.165) is 6.54 Å². The molecule has 0 saturated carbocycles. The van der Waals surface area contributed by atoms with Gasteiger partial charge in [0, 0.05) is 37.4 Å². The maximum absolute atomic E-state index is 3.30. The van der Waals surface area contributed by atoms with Gasteiger partial charge in [0.25, 0.3) is 0 Å². The summed E-state index contributed by atoms with van der Waals surface area (Å²) in [5.41, 5.74) is 3.74. The Morgan fingerprint density at radius 3 is 2.29 bits per heavy atom. The summed E-state index contributed by atoms with van der Waals surface area (Å²) in [5, 5.41) is 5.84. The zero-order valence-corrected chi connectivity index (χ0v) is 12.5. The van der Waals surface area contributed by atoms with Gasteiger partial charge in [0.2, 0.25) is 0 Å². The Labute approximate surface area is 126 Å². The van der Waals surface area contributed by atoms with Crippen LogP contribution in [-0.4, -0.2) is 14.1 Å². The molecule has 0 fully saturated rings. The highest BCUT2D eigenvalue weighted by Crippen LogP contribution is 2.32. The van der Waals surface area contributed by atoms with E-state index in [1.807, 2.05) is 7.05 Å². The summed E-state index contributed by atoms with van der Waals surface area (Å²) in [6.07, 6.45) is 0. The molecule has 3 rings (SSSR count). The predicted octanol–water partition coefficient (Wildman–Crippen LogP) is 4.52. The van der Waals surface area contributed by atoms with Crippen LogP contribution >= 0.6 is 0 Å². The highest BCUT2D eigenvalue weighted by atomic mass is 15.1. The van der Waals surface area contributed by atoms with Crippen molar-refractivity contribution in [3.63, 3.8) is 0 Å². The van der Waals surface area contributed by atoms with Crippen molar-refractivity contribution in [2.45, 2.75) is 6.54 Å². The van der Waals surface area contributed by atoms with Gasteiger partial charge in [-0.15, -0.1) is 0 Å². The SMILES string of the molecule is CNc1cccc2cccc(N(C)Cc3ccccc3)c12. The average molecular weight is 276 g/mol. The van der Waals surface area contributed by atoms with Gasteiger partial charge in [0.15, 0.2) is 0 Å². The first-order chi connectivity index (χ1) is 10.3. The number of hydrogen-bond donors (Lipinski definition) is 1. The van der Waals surface area contributed by atoms with Gasteiger partial charge in [-0.2, -0.15) is 0 Å². The molecule has 21 heavy (non-hydrogen) atoms. The Morgan fingerprint density at radius 1 is 0.857 bits per heavy atom. The Balaban J connectivity index is 2.03. The Bertz CT molecular complexity index is 730. The molecule has 0 atom stereocenters. The molecular formula is C19H20N2. The van der Waals surface area contributed by atoms with E-state index in [2.05, 4.69) is 84.0 Å². The van der Waals surface area contributed by atoms with Crippen LogP contribution in [0.4, 0.5) is 11.4 Å². The summed E-state index contributed by atoms with van der Waals surface area (Å²) in [4.78, 5) is 2.30. The summed E-state index contributed by atoms with van der Waals surface area (Å²) in [6.45, 7) is 0.901. The van der Waals surface area contributed by atoms with Gasteiger partial charge in [-0.05, 0) is 23.1 Å². The van der Waals surface area contributed by atoms with Gasteiger partial charge < -0.3 is 10.2 Å². The fraction of sp³-hybridized carbons (Fsp3) is 0.158. The van der Waals surface area contributed by atoms with Crippen molar-refractivity contribution in [1.82, 2.24) is 0 Å². The molecule has 106 valence electrons. The number of rotatable bonds is 4. The molecule has 0 unspecified atom stereocenters. The van der Waals surface area contributed by atoms with Gasteiger partial charge in [0.1, 0.15) is 0 Å². The molecule has 0 spiro atoms. The first-order valence-corrected chi connectivity index (χ1v) is 7.24. The quantitative estimate of drug-likeness (QED) is 0.753. The van der Waals surface area contributed by atoms with Gasteiger partial charge in [-0.3, -0.25) is 0 Å². The van der Waals surface area contributed by atoms with E-state index >= 15 is 0 Å². The summed E-state index contributed by atoms with van der Waals surface area (Å²) in [7, 11) is 4.12. The molecule has 2 heteroatoms. The molecule has 0 bridgehead atoms. The van der Waals surface area contributed by atoms with Crippen molar-refractivity contribution >= 4 is 22.1 Å². The molecule has 0 aliphatic heterocycles. The van der Waals surface area contributed by atoms with Gasteiger partial charge in [0.05, 0.1) is 0 Å². The summed E-state index contributed by atoms with van der Waals surface area (Å²) < 4.78 is 0. The molecule has 0 amide bonds. The van der Waals surface area contributed by atoms with Crippen molar-refractivity contribution < 1.29 is 0 Å². The molecule has 0 saturated heterocycles. The van der Waals surface area contributed by atoms with Crippen molar-refractivity contribution in [1.29, 1.82) is 0 Å². The fourth-order valence-corrected chi connectivity index (χ4v) is 2.79. The van der Waals surface area contributed by atoms with Crippen molar-refractivity contribution in [3.05, 3.63) is 72.3 Å². The third-order valence-corrected chi connectivity index (χ3v) is 3.83. The smallest absolute Gasteiger partial charge is 0.0467 e. The summed E-state index contributed by atoms with van der Waals surface area (Å²) >= 11 is 0. The third kappa shape index (κ3) is 2.70. The Kier molecular flexibility index (Phi) is 3.78. The number of benzene rings is 3. The minimum absolute atomic E-state index is 0.901. The van der Waals surface area contributed by atoms with Crippen LogP contribution in [0.1, 0.15) is 5.56 Å². The fourth-order valence-electron chi connectivity index (χ4n) is 2.79. The molecule has 0 aliphatic carbocycles. The Hall–Kier alpha value is -2.48. The number of anilines is 2. The van der Waals surface area contributed by atoms with Crippen molar-refractivity contribution in [3.8, 4) is 0 Å². The molecule has 1 N–H and O–H groups in total. The van der Waals surface area contributed by atoms with Crippen molar-refractivity contribution in [2.24, 2.45) is 0 Å². The molecule has 3 aromatic rings. The minimum Gasteiger partial charge on any atom is -0.388 e. The minimum atomic E-state index is 0.901. The van der Waals surface area contributed by atoms with E-state index in [0.29, 0.717) is 0 Å². The van der Waals surface area contributed by atoms with E-state index < -0.39 is 0 Å². The molecule has 2 nitrogen and oxygen atoms in total. The largest absolute Gasteiger partial charge is 0.388 e. The second-order valence-electron chi connectivity index (χ2n) is 5.27. The number of nitrogens with one attached hydrogen (secondary N) is 1. The zero-order valence-electron chi connectivity index (χ0n) is 12.5. The zero-order chi connectivity index (χ0) is 14.7. The molecule has 0 aromatic heterocycles. The molecule has 3 aromatic carbocycles. The van der Waals surface area contributed by atoms with E-state index in [-0.39, 0.29) is 0 Å². The third-order valence-electron chi connectivity index (χ3n) is 3.83. The van der Waals surface area contributed by atoms with E-state index in [1.165, 1.54) is 27.7 Å². The normalized spacial score (nSPS) is 10.6.